The molecule has 0 aliphatic rings. The van der Waals surface area contributed by atoms with Gasteiger partial charge in [-0.15, -0.1) is 0 Å². The molecule has 5 heteroatoms. The van der Waals surface area contributed by atoms with Crippen molar-refractivity contribution in [2.75, 3.05) is 0 Å². The summed E-state index contributed by atoms with van der Waals surface area (Å²) in [6.45, 7) is 20.4. The predicted octanol–water partition coefficient (Wildman–Crippen LogP) is 14.9. The topological polar surface area (TPSA) is 63.8 Å². The molecule has 0 amide bonds. The van der Waals surface area contributed by atoms with Crippen LogP contribution in [0.2, 0.25) is 0 Å². The van der Waals surface area contributed by atoms with Crippen molar-refractivity contribution in [3.8, 4) is 67.5 Å². The molecule has 0 fully saturated rings. The van der Waals surface area contributed by atoms with Gasteiger partial charge < -0.3 is 5.11 Å². The minimum Gasteiger partial charge on any atom is -0.506 e. The lowest BCUT2D eigenvalue weighted by Gasteiger charge is -2.24. The Hall–Kier alpha value is -6.85. The second-order valence-corrected chi connectivity index (χ2v) is 19.6. The summed E-state index contributed by atoms with van der Waals surface area (Å²) in [6, 6.07) is 51.6. The van der Waals surface area contributed by atoms with E-state index < -0.39 is 0 Å². The van der Waals surface area contributed by atoms with Crippen LogP contribution in [0, 0.1) is 0 Å². The maximum absolute atomic E-state index is 11.6. The fourth-order valence-corrected chi connectivity index (χ4v) is 8.42. The number of hydrogen-bond donors (Lipinski definition) is 1. The number of benzene rings is 6. The van der Waals surface area contributed by atoms with E-state index >= 15 is 0 Å². The molecule has 1 N–H and O–H groups in total. The van der Waals surface area contributed by atoms with Crippen molar-refractivity contribution < 1.29 is 5.11 Å². The third kappa shape index (κ3) is 7.57. The highest BCUT2D eigenvalue weighted by Gasteiger charge is 2.26. The maximum Gasteiger partial charge on any atom is 0.145 e. The highest BCUT2D eigenvalue weighted by molar-refractivity contribution is 5.99. The minimum atomic E-state index is -0.183. The molecular weight excluding hydrogens is 757 g/mol. The lowest BCUT2D eigenvalue weighted by molar-refractivity contribution is 0.475. The quantitative estimate of drug-likeness (QED) is 0.182. The molecule has 9 rings (SSSR count). The van der Waals surface area contributed by atoms with Crippen molar-refractivity contribution in [1.82, 2.24) is 19.5 Å². The van der Waals surface area contributed by atoms with Crippen LogP contribution in [0.15, 0.2) is 158 Å². The van der Waals surface area contributed by atoms with Gasteiger partial charge in [0, 0.05) is 45.0 Å². The van der Waals surface area contributed by atoms with Crippen molar-refractivity contribution in [2.24, 2.45) is 0 Å². The molecule has 3 aromatic heterocycles. The SMILES string of the molecule is CC(C)(C)c1cc(-c2cc(C(C)(C)C)cc3cccnc23)cc(-c2nc3c(-c4cc(-c5ccccc5)ncc4O)cccc3n2-c2ccc(C(C)(C)C)cc2-c2ccccc2)c1. The van der Waals surface area contributed by atoms with Crippen molar-refractivity contribution in [3.05, 3.63) is 175 Å². The average molecular weight is 811 g/mol. The molecule has 0 saturated carbocycles. The molecule has 5 nitrogen and oxygen atoms in total. The first kappa shape index (κ1) is 40.6. The Bertz CT molecular complexity index is 3120. The van der Waals surface area contributed by atoms with Crippen LogP contribution in [0.1, 0.15) is 79.0 Å². The lowest BCUT2D eigenvalue weighted by Crippen LogP contribution is -2.13. The second kappa shape index (κ2) is 15.3. The van der Waals surface area contributed by atoms with E-state index in [-0.39, 0.29) is 22.0 Å². The molecule has 0 saturated heterocycles. The summed E-state index contributed by atoms with van der Waals surface area (Å²) < 4.78 is 2.33. The van der Waals surface area contributed by atoms with Crippen molar-refractivity contribution in [2.45, 2.75) is 78.6 Å². The molecule has 0 atom stereocenters. The summed E-state index contributed by atoms with van der Waals surface area (Å²) in [4.78, 5) is 15.3. The van der Waals surface area contributed by atoms with E-state index in [1.165, 1.54) is 16.7 Å². The highest BCUT2D eigenvalue weighted by atomic mass is 16.3. The van der Waals surface area contributed by atoms with Gasteiger partial charge in [-0.3, -0.25) is 14.5 Å². The Balaban J connectivity index is 1.39. The van der Waals surface area contributed by atoms with Gasteiger partial charge >= 0.3 is 0 Å². The Kier molecular flexibility index (Phi) is 9.97. The van der Waals surface area contributed by atoms with Gasteiger partial charge in [-0.25, -0.2) is 4.98 Å². The van der Waals surface area contributed by atoms with Crippen molar-refractivity contribution in [3.63, 3.8) is 0 Å². The molecule has 0 unspecified atom stereocenters. The predicted molar refractivity (Wildman–Crippen MR) is 259 cm³/mol. The Morgan fingerprint density at radius 2 is 1.10 bits per heavy atom. The van der Waals surface area contributed by atoms with Crippen LogP contribution in [0.3, 0.4) is 0 Å². The number of aromatic hydroxyl groups is 1. The highest BCUT2D eigenvalue weighted by Crippen LogP contribution is 2.44. The van der Waals surface area contributed by atoms with Gasteiger partial charge in [0.15, 0.2) is 0 Å². The van der Waals surface area contributed by atoms with E-state index in [0.29, 0.717) is 5.56 Å². The zero-order valence-corrected chi connectivity index (χ0v) is 37.2. The third-order valence-electron chi connectivity index (χ3n) is 12.1. The van der Waals surface area contributed by atoms with Gasteiger partial charge in [-0.1, -0.05) is 153 Å². The summed E-state index contributed by atoms with van der Waals surface area (Å²) >= 11 is 0. The lowest BCUT2D eigenvalue weighted by atomic mass is 9.81. The molecule has 62 heavy (non-hydrogen) atoms. The third-order valence-corrected chi connectivity index (χ3v) is 12.1. The summed E-state index contributed by atoms with van der Waals surface area (Å²) in [5.74, 6) is 0.907. The largest absolute Gasteiger partial charge is 0.506 e. The number of aromatic nitrogens is 4. The number of imidazole rings is 1. The normalized spacial score (nSPS) is 12.3. The Labute approximate surface area is 365 Å². The summed E-state index contributed by atoms with van der Waals surface area (Å²) in [5.41, 5.74) is 15.7. The Morgan fingerprint density at radius 3 is 1.79 bits per heavy atom. The van der Waals surface area contributed by atoms with Crippen molar-refractivity contribution in [1.29, 1.82) is 0 Å². The molecule has 0 aliphatic heterocycles. The first-order valence-corrected chi connectivity index (χ1v) is 21.6. The van der Waals surface area contributed by atoms with Gasteiger partial charge in [-0.2, -0.15) is 0 Å². The summed E-state index contributed by atoms with van der Waals surface area (Å²) in [6.07, 6.45) is 3.44. The van der Waals surface area contributed by atoms with Crippen LogP contribution in [0.4, 0.5) is 0 Å². The van der Waals surface area contributed by atoms with E-state index in [4.69, 9.17) is 9.97 Å². The van der Waals surface area contributed by atoms with Crippen LogP contribution in [0.25, 0.3) is 83.6 Å². The Morgan fingerprint density at radius 1 is 0.452 bits per heavy atom. The van der Waals surface area contributed by atoms with E-state index in [1.54, 1.807) is 6.20 Å². The van der Waals surface area contributed by atoms with Crippen LogP contribution in [0.5, 0.6) is 5.75 Å². The van der Waals surface area contributed by atoms with Gasteiger partial charge in [0.2, 0.25) is 0 Å². The number of pyridine rings is 2. The number of nitrogens with zero attached hydrogens (tertiary/aromatic N) is 4. The number of rotatable bonds is 6. The number of para-hydroxylation sites is 1. The molecule has 6 aromatic carbocycles. The zero-order chi connectivity index (χ0) is 43.6. The molecule has 308 valence electrons. The smallest absolute Gasteiger partial charge is 0.145 e. The van der Waals surface area contributed by atoms with Crippen LogP contribution < -0.4 is 0 Å². The van der Waals surface area contributed by atoms with Gasteiger partial charge in [0.25, 0.3) is 0 Å². The molecule has 0 radical (unpaired) electrons. The second-order valence-electron chi connectivity index (χ2n) is 19.6. The molecule has 0 bridgehead atoms. The maximum atomic E-state index is 11.6. The fraction of sp³-hybridized carbons (Fsp3) is 0.211. The fourth-order valence-electron chi connectivity index (χ4n) is 8.42. The number of hydrogen-bond acceptors (Lipinski definition) is 4. The molecular formula is C57H54N4O. The number of fused-ring (bicyclic) bond motifs is 2. The first-order chi connectivity index (χ1) is 29.5. The zero-order valence-electron chi connectivity index (χ0n) is 37.2. The average Bonchev–Trinajstić information content (AvgIpc) is 3.65. The van der Waals surface area contributed by atoms with Gasteiger partial charge in [-0.05, 0) is 98.7 Å². The van der Waals surface area contributed by atoms with E-state index in [0.717, 1.165) is 78.1 Å². The molecule has 0 spiro atoms. The first-order valence-electron chi connectivity index (χ1n) is 21.6. The molecule has 9 aromatic rings. The van der Waals surface area contributed by atoms with Crippen LogP contribution in [-0.4, -0.2) is 24.6 Å². The van der Waals surface area contributed by atoms with E-state index in [9.17, 15) is 5.11 Å². The standard InChI is InChI=1S/C57H54N4O/c1-55(2,3)41-25-26-49(45(32-41)36-18-12-10-13-19-36)61-50-24-16-23-44(47-34-48(59-35-51(47)62)37-20-14-11-15-21-37)53(50)60-54(61)40-28-39(30-42(31-40)56(4,5)6)46-33-43(57(7,8)9)29-38-22-17-27-58-52(38)46/h10-35,62H,1-9H3. The summed E-state index contributed by atoms with van der Waals surface area (Å²) in [7, 11) is 0. The van der Waals surface area contributed by atoms with E-state index in [1.807, 2.05) is 48.7 Å². The summed E-state index contributed by atoms with van der Waals surface area (Å²) in [5, 5.41) is 12.7. The van der Waals surface area contributed by atoms with Crippen LogP contribution >= 0.6 is 0 Å². The van der Waals surface area contributed by atoms with Crippen LogP contribution in [-0.2, 0) is 16.2 Å². The molecule has 3 heterocycles. The van der Waals surface area contributed by atoms with Gasteiger partial charge in [0.05, 0.1) is 34.1 Å². The minimum absolute atomic E-state index is 0.0699. The van der Waals surface area contributed by atoms with Gasteiger partial charge in [0.1, 0.15) is 11.6 Å². The van der Waals surface area contributed by atoms with E-state index in [2.05, 4.69) is 175 Å². The van der Waals surface area contributed by atoms with Crippen molar-refractivity contribution >= 4 is 21.9 Å². The monoisotopic (exact) mass is 810 g/mol. The molecule has 0 aliphatic carbocycles.